The van der Waals surface area contributed by atoms with E-state index in [1.165, 1.54) is 5.39 Å². The molecule has 6 heterocycles. The zero-order chi connectivity index (χ0) is 24.1. The number of ether oxygens (including phenoxy) is 1. The van der Waals surface area contributed by atoms with E-state index in [-0.39, 0.29) is 0 Å². The van der Waals surface area contributed by atoms with Crippen LogP contribution in [0.4, 0.5) is 11.6 Å². The first-order chi connectivity index (χ1) is 17.7. The second kappa shape index (κ2) is 8.56. The molecule has 0 radical (unpaired) electrons. The van der Waals surface area contributed by atoms with E-state index in [4.69, 9.17) is 19.9 Å². The number of nitrogens with two attached hydrogens (primary N) is 1. The van der Waals surface area contributed by atoms with Crippen molar-refractivity contribution in [3.05, 3.63) is 54.9 Å². The number of piperazine rings is 1. The lowest BCUT2D eigenvalue weighted by Gasteiger charge is -2.46. The number of nitrogens with one attached hydrogen (secondary N) is 1. The average Bonchev–Trinajstić information content (AvgIpc) is 3.67. The molecule has 3 N–H and O–H groups in total. The number of anilines is 2. The summed E-state index contributed by atoms with van der Waals surface area (Å²) in [5.74, 6) is 4.41. The molecule has 2 aliphatic heterocycles. The van der Waals surface area contributed by atoms with Crippen molar-refractivity contribution in [1.29, 1.82) is 0 Å². The first-order valence-corrected chi connectivity index (χ1v) is 12.5. The molecule has 10 heteroatoms. The molecule has 4 aromatic heterocycles. The van der Waals surface area contributed by atoms with Crippen molar-refractivity contribution in [2.24, 2.45) is 5.92 Å². The van der Waals surface area contributed by atoms with Crippen molar-refractivity contribution < 1.29 is 9.15 Å². The molecule has 0 bridgehead atoms. The minimum absolute atomic E-state index is 0.481. The van der Waals surface area contributed by atoms with Gasteiger partial charge in [-0.2, -0.15) is 14.5 Å². The maximum atomic E-state index is 6.32. The predicted molar refractivity (Wildman–Crippen MR) is 137 cm³/mol. The predicted octanol–water partition coefficient (Wildman–Crippen LogP) is 3.43. The molecule has 7 rings (SSSR count). The number of nitrogens with zero attached hydrogens (tertiary/aromatic N) is 6. The van der Waals surface area contributed by atoms with E-state index < -0.39 is 0 Å². The minimum Gasteiger partial charge on any atom is -0.493 e. The van der Waals surface area contributed by atoms with Gasteiger partial charge in [0.25, 0.3) is 5.78 Å². The number of hydrogen-bond donors (Lipinski definition) is 2. The Balaban J connectivity index is 1.00. The number of aromatic nitrogens is 5. The maximum Gasteiger partial charge on any atom is 0.256 e. The first kappa shape index (κ1) is 21.3. The summed E-state index contributed by atoms with van der Waals surface area (Å²) < 4.78 is 13.2. The van der Waals surface area contributed by atoms with Gasteiger partial charge in [-0.25, -0.2) is 0 Å². The molecule has 10 nitrogen and oxygen atoms in total. The molecule has 2 atom stereocenters. The lowest BCUT2D eigenvalue weighted by Crippen LogP contribution is -2.57. The highest BCUT2D eigenvalue weighted by atomic mass is 16.5. The Labute approximate surface area is 207 Å². The van der Waals surface area contributed by atoms with Crippen LogP contribution in [0.5, 0.6) is 5.75 Å². The molecule has 0 spiro atoms. The first-order valence-electron chi connectivity index (χ1n) is 12.5. The van der Waals surface area contributed by atoms with Crippen molar-refractivity contribution in [2.75, 3.05) is 43.4 Å². The number of piperidine rings is 1. The van der Waals surface area contributed by atoms with Gasteiger partial charge in [-0.15, -0.1) is 5.10 Å². The van der Waals surface area contributed by atoms with Crippen LogP contribution in [-0.4, -0.2) is 68.3 Å². The molecule has 2 fully saturated rings. The largest absolute Gasteiger partial charge is 0.493 e. The summed E-state index contributed by atoms with van der Waals surface area (Å²) in [7, 11) is 0. The van der Waals surface area contributed by atoms with E-state index in [2.05, 4.69) is 43.1 Å². The zero-order valence-electron chi connectivity index (χ0n) is 19.9. The maximum absolute atomic E-state index is 6.32. The Bertz CT molecular complexity index is 1510. The van der Waals surface area contributed by atoms with Gasteiger partial charge in [0.15, 0.2) is 5.76 Å². The van der Waals surface area contributed by atoms with Crippen molar-refractivity contribution >= 4 is 28.3 Å². The summed E-state index contributed by atoms with van der Waals surface area (Å²) in [6.45, 7) is 4.64. The van der Waals surface area contributed by atoms with Crippen LogP contribution in [0.25, 0.3) is 28.3 Å². The van der Waals surface area contributed by atoms with Gasteiger partial charge in [-0.3, -0.25) is 4.90 Å². The highest BCUT2D eigenvalue weighted by Gasteiger charge is 2.34. The number of fused-ring (bicyclic) bond motifs is 3. The van der Waals surface area contributed by atoms with Crippen LogP contribution in [0, 0.1) is 5.92 Å². The van der Waals surface area contributed by atoms with Crippen LogP contribution in [0.1, 0.15) is 12.8 Å². The second-order valence-electron chi connectivity index (χ2n) is 9.74. The smallest absolute Gasteiger partial charge is 0.256 e. The third kappa shape index (κ3) is 3.83. The van der Waals surface area contributed by atoms with Crippen molar-refractivity contribution in [3.8, 4) is 17.3 Å². The molecule has 184 valence electrons. The van der Waals surface area contributed by atoms with Gasteiger partial charge in [0.05, 0.1) is 12.9 Å². The minimum atomic E-state index is 0.481. The van der Waals surface area contributed by atoms with Crippen LogP contribution >= 0.6 is 0 Å². The van der Waals surface area contributed by atoms with Gasteiger partial charge >= 0.3 is 0 Å². The standard InChI is InChI=1S/C26H28N8O2/c27-23-13-24(29-26-30-25(31-34(23)26)22-2-1-11-35-22)33-10-9-32-14-17(3-4-19(32)15-33)16-36-20-5-6-21-18(12-20)7-8-28-21/h1-2,5-8,11-13,17,19,28H,3-4,9-10,14-16,27H2. The Morgan fingerprint density at radius 3 is 2.97 bits per heavy atom. The van der Waals surface area contributed by atoms with E-state index in [0.29, 0.717) is 35.1 Å². The van der Waals surface area contributed by atoms with Gasteiger partial charge in [-0.1, -0.05) is 0 Å². The number of H-pyrrole nitrogens is 1. The van der Waals surface area contributed by atoms with Crippen LogP contribution in [0.2, 0.25) is 0 Å². The summed E-state index contributed by atoms with van der Waals surface area (Å²) in [5, 5.41) is 5.63. The van der Waals surface area contributed by atoms with E-state index in [1.807, 2.05) is 30.5 Å². The molecule has 0 saturated carbocycles. The molecule has 5 aromatic rings. The fourth-order valence-electron chi connectivity index (χ4n) is 5.49. The summed E-state index contributed by atoms with van der Waals surface area (Å²) >= 11 is 0. The van der Waals surface area contributed by atoms with E-state index in [1.54, 1.807) is 10.8 Å². The van der Waals surface area contributed by atoms with Crippen molar-refractivity contribution in [3.63, 3.8) is 0 Å². The van der Waals surface area contributed by atoms with Crippen molar-refractivity contribution in [1.82, 2.24) is 29.5 Å². The summed E-state index contributed by atoms with van der Waals surface area (Å²) in [6.07, 6.45) is 5.87. The van der Waals surface area contributed by atoms with Gasteiger partial charge in [0.2, 0.25) is 5.82 Å². The van der Waals surface area contributed by atoms with Crippen LogP contribution in [0.15, 0.2) is 59.3 Å². The fraction of sp³-hybridized carbons (Fsp3) is 0.346. The Kier molecular flexibility index (Phi) is 5.05. The topological polar surface area (TPSA) is 114 Å². The number of benzene rings is 1. The number of furan rings is 1. The monoisotopic (exact) mass is 484 g/mol. The molecule has 2 unspecified atom stereocenters. The molecular formula is C26H28N8O2. The number of rotatable bonds is 5. The van der Waals surface area contributed by atoms with Crippen LogP contribution in [-0.2, 0) is 0 Å². The van der Waals surface area contributed by atoms with Crippen LogP contribution in [0.3, 0.4) is 0 Å². The molecular weight excluding hydrogens is 456 g/mol. The Hall–Kier alpha value is -4.05. The summed E-state index contributed by atoms with van der Waals surface area (Å²) in [4.78, 5) is 17.5. The number of nitrogen functional groups attached to an aromatic ring is 1. The summed E-state index contributed by atoms with van der Waals surface area (Å²) in [5.41, 5.74) is 7.46. The molecule has 1 aromatic carbocycles. The van der Waals surface area contributed by atoms with E-state index in [0.717, 1.165) is 62.7 Å². The molecule has 2 aliphatic rings. The van der Waals surface area contributed by atoms with Gasteiger partial charge in [-0.05, 0) is 49.2 Å². The van der Waals surface area contributed by atoms with Crippen LogP contribution < -0.4 is 15.4 Å². The van der Waals surface area contributed by atoms with Crippen molar-refractivity contribution in [2.45, 2.75) is 18.9 Å². The molecule has 0 aliphatic carbocycles. The Morgan fingerprint density at radius 1 is 1.08 bits per heavy atom. The number of hydrogen-bond acceptors (Lipinski definition) is 8. The third-order valence-corrected chi connectivity index (χ3v) is 7.41. The van der Waals surface area contributed by atoms with Gasteiger partial charge in [0, 0.05) is 61.3 Å². The molecule has 0 amide bonds. The zero-order valence-corrected chi connectivity index (χ0v) is 19.9. The quantitative estimate of drug-likeness (QED) is 0.390. The van der Waals surface area contributed by atoms with E-state index >= 15 is 0 Å². The molecule has 36 heavy (non-hydrogen) atoms. The summed E-state index contributed by atoms with van der Waals surface area (Å²) in [6, 6.07) is 14.3. The second-order valence-corrected chi connectivity index (χ2v) is 9.74. The van der Waals surface area contributed by atoms with Gasteiger partial charge < -0.3 is 24.8 Å². The fourth-order valence-corrected chi connectivity index (χ4v) is 5.49. The lowest BCUT2D eigenvalue weighted by molar-refractivity contribution is 0.0728. The third-order valence-electron chi connectivity index (χ3n) is 7.41. The highest BCUT2D eigenvalue weighted by molar-refractivity contribution is 5.80. The molecule has 2 saturated heterocycles. The number of aromatic amines is 1. The normalized spacial score (nSPS) is 20.7. The van der Waals surface area contributed by atoms with E-state index in [9.17, 15) is 0 Å². The highest BCUT2D eigenvalue weighted by Crippen LogP contribution is 2.29. The SMILES string of the molecule is Nc1cc(N2CCN3CC(COc4ccc5[nH]ccc5c4)CCC3C2)nc2nc(-c3ccco3)nn12. The lowest BCUT2D eigenvalue weighted by atomic mass is 9.91. The Morgan fingerprint density at radius 2 is 2.06 bits per heavy atom. The average molecular weight is 485 g/mol. The van der Waals surface area contributed by atoms with Gasteiger partial charge in [0.1, 0.15) is 17.4 Å².